The molecule has 0 amide bonds. The number of aromatic nitrogens is 2. The van der Waals surface area contributed by atoms with E-state index in [1.807, 2.05) is 11.8 Å². The first-order valence-electron chi connectivity index (χ1n) is 7.46. The van der Waals surface area contributed by atoms with Crippen molar-refractivity contribution in [3.8, 4) is 0 Å². The van der Waals surface area contributed by atoms with E-state index >= 15 is 0 Å². The monoisotopic (exact) mass is 296 g/mol. The minimum absolute atomic E-state index is 0.154. The summed E-state index contributed by atoms with van der Waals surface area (Å²) in [6.07, 6.45) is 2.43. The Hall–Kier alpha value is -1.76. The van der Waals surface area contributed by atoms with Gasteiger partial charge in [-0.3, -0.25) is 13.9 Å². The smallest absolute Gasteiger partial charge is 0.332 e. The molecule has 2 rings (SSSR count). The molecule has 0 aromatic carbocycles. The lowest BCUT2D eigenvalue weighted by atomic mass is 10.1. The second kappa shape index (κ2) is 6.34. The first-order chi connectivity index (χ1) is 10.0. The second-order valence-corrected chi connectivity index (χ2v) is 5.65. The van der Waals surface area contributed by atoms with Crippen LogP contribution in [-0.2, 0) is 13.6 Å². The quantitative estimate of drug-likeness (QED) is 0.781. The van der Waals surface area contributed by atoms with Crippen molar-refractivity contribution in [2.75, 3.05) is 30.3 Å². The summed E-state index contributed by atoms with van der Waals surface area (Å²) in [5, 5.41) is 9.03. The molecule has 1 saturated heterocycles. The van der Waals surface area contributed by atoms with Gasteiger partial charge in [-0.1, -0.05) is 6.92 Å². The number of rotatable bonds is 5. The fraction of sp³-hybridized carbons (Fsp3) is 0.714. The Kier molecular flexibility index (Phi) is 4.72. The Balaban J connectivity index is 2.45. The average molecular weight is 296 g/mol. The highest BCUT2D eigenvalue weighted by atomic mass is 16.3. The van der Waals surface area contributed by atoms with Crippen LogP contribution in [0.3, 0.4) is 0 Å². The molecule has 1 atom stereocenters. The van der Waals surface area contributed by atoms with Crippen LogP contribution in [0.15, 0.2) is 9.59 Å². The molecular weight excluding hydrogens is 272 g/mol. The van der Waals surface area contributed by atoms with Crippen molar-refractivity contribution < 1.29 is 5.11 Å². The number of anilines is 2. The fourth-order valence-corrected chi connectivity index (χ4v) is 2.96. The molecule has 2 heterocycles. The van der Waals surface area contributed by atoms with Gasteiger partial charge in [0, 0.05) is 33.3 Å². The van der Waals surface area contributed by atoms with E-state index in [0.717, 1.165) is 30.4 Å². The molecule has 21 heavy (non-hydrogen) atoms. The SMILES string of the molecule is CCCn1c(N)c(N2CCC(CCO)C2)c(=O)n(C)c1=O. The van der Waals surface area contributed by atoms with Gasteiger partial charge >= 0.3 is 5.69 Å². The van der Waals surface area contributed by atoms with E-state index in [9.17, 15) is 9.59 Å². The highest BCUT2D eigenvalue weighted by Gasteiger charge is 2.27. The van der Waals surface area contributed by atoms with Crippen molar-refractivity contribution >= 4 is 11.5 Å². The molecule has 0 radical (unpaired) electrons. The normalized spacial score (nSPS) is 18.4. The van der Waals surface area contributed by atoms with Crippen molar-refractivity contribution in [3.05, 3.63) is 20.8 Å². The predicted octanol–water partition coefficient (Wildman–Crippen LogP) is -0.252. The molecule has 0 aliphatic carbocycles. The molecule has 0 saturated carbocycles. The van der Waals surface area contributed by atoms with E-state index in [1.165, 1.54) is 11.6 Å². The van der Waals surface area contributed by atoms with Crippen LogP contribution < -0.4 is 21.9 Å². The van der Waals surface area contributed by atoms with Gasteiger partial charge in [0.25, 0.3) is 5.56 Å². The number of hydrogen-bond donors (Lipinski definition) is 2. The molecule has 118 valence electrons. The van der Waals surface area contributed by atoms with E-state index < -0.39 is 0 Å². The van der Waals surface area contributed by atoms with Crippen LogP contribution in [0.2, 0.25) is 0 Å². The van der Waals surface area contributed by atoms with Gasteiger partial charge in [0.15, 0.2) is 0 Å². The molecular formula is C14H24N4O3. The molecule has 7 nitrogen and oxygen atoms in total. The number of nitrogens with two attached hydrogens (primary N) is 1. The molecule has 3 N–H and O–H groups in total. The predicted molar refractivity (Wildman–Crippen MR) is 82.7 cm³/mol. The number of nitrogen functional groups attached to an aromatic ring is 1. The maximum Gasteiger partial charge on any atom is 0.332 e. The average Bonchev–Trinajstić information content (AvgIpc) is 2.90. The summed E-state index contributed by atoms with van der Waals surface area (Å²) in [7, 11) is 1.49. The maximum absolute atomic E-state index is 12.4. The van der Waals surface area contributed by atoms with Crippen molar-refractivity contribution in [1.29, 1.82) is 0 Å². The van der Waals surface area contributed by atoms with Crippen LogP contribution in [0.4, 0.5) is 11.5 Å². The minimum atomic E-state index is -0.366. The molecule has 1 aliphatic heterocycles. The lowest BCUT2D eigenvalue weighted by molar-refractivity contribution is 0.263. The fourth-order valence-electron chi connectivity index (χ4n) is 2.96. The molecule has 0 spiro atoms. The van der Waals surface area contributed by atoms with Gasteiger partial charge in [-0.2, -0.15) is 0 Å². The van der Waals surface area contributed by atoms with E-state index in [0.29, 0.717) is 24.7 Å². The minimum Gasteiger partial charge on any atom is -0.396 e. The maximum atomic E-state index is 12.4. The highest BCUT2D eigenvalue weighted by molar-refractivity contribution is 5.63. The molecule has 0 bridgehead atoms. The van der Waals surface area contributed by atoms with Gasteiger partial charge in [0.1, 0.15) is 11.5 Å². The summed E-state index contributed by atoms with van der Waals surface area (Å²) >= 11 is 0. The van der Waals surface area contributed by atoms with Gasteiger partial charge in [-0.15, -0.1) is 0 Å². The summed E-state index contributed by atoms with van der Waals surface area (Å²) < 4.78 is 2.59. The first-order valence-corrected chi connectivity index (χ1v) is 7.46. The summed E-state index contributed by atoms with van der Waals surface area (Å²) in [6.45, 7) is 4.05. The van der Waals surface area contributed by atoms with Crippen LogP contribution in [0, 0.1) is 5.92 Å². The van der Waals surface area contributed by atoms with Crippen LogP contribution in [0.1, 0.15) is 26.2 Å². The summed E-state index contributed by atoms with van der Waals surface area (Å²) in [5.74, 6) is 0.625. The van der Waals surface area contributed by atoms with Crippen molar-refractivity contribution in [2.24, 2.45) is 13.0 Å². The second-order valence-electron chi connectivity index (χ2n) is 5.65. The molecule has 7 heteroatoms. The van der Waals surface area contributed by atoms with E-state index in [2.05, 4.69) is 0 Å². The Morgan fingerprint density at radius 2 is 2.10 bits per heavy atom. The Labute approximate surface area is 123 Å². The van der Waals surface area contributed by atoms with Gasteiger partial charge in [0.2, 0.25) is 0 Å². The molecule has 1 unspecified atom stereocenters. The third kappa shape index (κ3) is 2.83. The van der Waals surface area contributed by atoms with E-state index in [-0.39, 0.29) is 23.7 Å². The number of aliphatic hydroxyl groups is 1. The Morgan fingerprint density at radius 1 is 1.38 bits per heavy atom. The van der Waals surface area contributed by atoms with Crippen LogP contribution >= 0.6 is 0 Å². The topological polar surface area (TPSA) is 93.5 Å². The Bertz CT molecular complexity index is 620. The van der Waals surface area contributed by atoms with Crippen molar-refractivity contribution in [3.63, 3.8) is 0 Å². The first kappa shape index (κ1) is 15.6. The van der Waals surface area contributed by atoms with Crippen LogP contribution in [-0.4, -0.2) is 33.9 Å². The zero-order chi connectivity index (χ0) is 15.6. The third-order valence-electron chi connectivity index (χ3n) is 4.15. The van der Waals surface area contributed by atoms with Crippen LogP contribution in [0.5, 0.6) is 0 Å². The van der Waals surface area contributed by atoms with Gasteiger partial charge in [-0.25, -0.2) is 4.79 Å². The van der Waals surface area contributed by atoms with Crippen LogP contribution in [0.25, 0.3) is 0 Å². The zero-order valence-corrected chi connectivity index (χ0v) is 12.7. The summed E-state index contributed by atoms with van der Waals surface area (Å²) in [4.78, 5) is 26.5. The number of nitrogens with zero attached hydrogens (tertiary/aromatic N) is 3. The molecule has 1 fully saturated rings. The lowest BCUT2D eigenvalue weighted by Gasteiger charge is -2.22. The van der Waals surface area contributed by atoms with Crippen molar-refractivity contribution in [1.82, 2.24) is 9.13 Å². The van der Waals surface area contributed by atoms with E-state index in [4.69, 9.17) is 10.8 Å². The van der Waals surface area contributed by atoms with Crippen molar-refractivity contribution in [2.45, 2.75) is 32.7 Å². The number of hydrogen-bond acceptors (Lipinski definition) is 5. The third-order valence-corrected chi connectivity index (χ3v) is 4.15. The van der Waals surface area contributed by atoms with Gasteiger partial charge in [-0.05, 0) is 25.2 Å². The zero-order valence-electron chi connectivity index (χ0n) is 12.7. The molecule has 1 aromatic heterocycles. The number of aliphatic hydroxyl groups excluding tert-OH is 1. The van der Waals surface area contributed by atoms with Gasteiger partial charge in [0.05, 0.1) is 0 Å². The summed E-state index contributed by atoms with van der Waals surface area (Å²) in [5.41, 5.74) is 5.82. The standard InChI is InChI=1S/C14H24N4O3/c1-3-6-18-12(15)11(13(20)16(2)14(18)21)17-7-4-10(9-17)5-8-19/h10,19H,3-9,15H2,1-2H3. The van der Waals surface area contributed by atoms with Gasteiger partial charge < -0.3 is 15.7 Å². The highest BCUT2D eigenvalue weighted by Crippen LogP contribution is 2.26. The summed E-state index contributed by atoms with van der Waals surface area (Å²) in [6, 6.07) is 0. The molecule has 1 aromatic rings. The Morgan fingerprint density at radius 3 is 2.71 bits per heavy atom. The van der Waals surface area contributed by atoms with E-state index in [1.54, 1.807) is 0 Å². The molecule has 1 aliphatic rings. The lowest BCUT2D eigenvalue weighted by Crippen LogP contribution is -2.43. The largest absolute Gasteiger partial charge is 0.396 e.